The lowest BCUT2D eigenvalue weighted by Crippen LogP contribution is -2.11. The van der Waals surface area contributed by atoms with E-state index in [4.69, 9.17) is 0 Å². The van der Waals surface area contributed by atoms with Crippen molar-refractivity contribution in [1.82, 2.24) is 5.32 Å². The zero-order chi connectivity index (χ0) is 12.8. The summed E-state index contributed by atoms with van der Waals surface area (Å²) in [7, 11) is 0. The third-order valence-electron chi connectivity index (χ3n) is 2.76. The molecule has 2 heteroatoms. The van der Waals surface area contributed by atoms with Crippen LogP contribution in [0.3, 0.4) is 0 Å². The minimum Gasteiger partial charge on any atom is -0.313 e. The molecule has 0 aliphatic rings. The Morgan fingerprint density at radius 3 is 2.00 bits per heavy atom. The fraction of sp³-hybridized carbons (Fsp3) is 0.250. The summed E-state index contributed by atoms with van der Waals surface area (Å²) in [6.07, 6.45) is 0. The van der Waals surface area contributed by atoms with Crippen LogP contribution in [0, 0.1) is 6.92 Å². The van der Waals surface area contributed by atoms with E-state index < -0.39 is 0 Å². The second-order valence-electron chi connectivity index (χ2n) is 4.34. The Morgan fingerprint density at radius 1 is 0.889 bits per heavy atom. The molecule has 0 aromatic heterocycles. The van der Waals surface area contributed by atoms with Crippen LogP contribution in [0.1, 0.15) is 18.1 Å². The quantitative estimate of drug-likeness (QED) is 0.859. The molecule has 0 radical (unpaired) electrons. The van der Waals surface area contributed by atoms with Crippen molar-refractivity contribution < 1.29 is 0 Å². The van der Waals surface area contributed by atoms with E-state index in [1.54, 1.807) is 0 Å². The Bertz CT molecular complexity index is 473. The summed E-state index contributed by atoms with van der Waals surface area (Å²) >= 11 is 1.81. The normalized spacial score (nSPS) is 10.6. The number of benzene rings is 2. The van der Waals surface area contributed by atoms with Crippen LogP contribution in [-0.4, -0.2) is 6.54 Å². The van der Waals surface area contributed by atoms with Crippen molar-refractivity contribution in [3.63, 3.8) is 0 Å². The lowest BCUT2D eigenvalue weighted by molar-refractivity contribution is 0.726. The molecule has 0 bridgehead atoms. The predicted molar refractivity (Wildman–Crippen MR) is 79.1 cm³/mol. The van der Waals surface area contributed by atoms with E-state index in [1.165, 1.54) is 20.9 Å². The fourth-order valence-corrected chi connectivity index (χ4v) is 2.50. The largest absolute Gasteiger partial charge is 0.313 e. The molecular weight excluding hydrogens is 238 g/mol. The first-order chi connectivity index (χ1) is 8.78. The average molecular weight is 257 g/mol. The monoisotopic (exact) mass is 257 g/mol. The molecule has 1 nitrogen and oxygen atoms in total. The zero-order valence-electron chi connectivity index (χ0n) is 10.9. The van der Waals surface area contributed by atoms with Gasteiger partial charge in [-0.2, -0.15) is 0 Å². The summed E-state index contributed by atoms with van der Waals surface area (Å²) in [5.41, 5.74) is 2.64. The van der Waals surface area contributed by atoms with E-state index in [0.29, 0.717) is 0 Å². The van der Waals surface area contributed by atoms with E-state index in [1.807, 2.05) is 11.8 Å². The van der Waals surface area contributed by atoms with E-state index >= 15 is 0 Å². The second-order valence-corrected chi connectivity index (χ2v) is 5.49. The molecule has 0 saturated carbocycles. The Hall–Kier alpha value is -1.25. The highest BCUT2D eigenvalue weighted by Crippen LogP contribution is 2.27. The maximum Gasteiger partial charge on any atom is 0.0205 e. The average Bonchev–Trinajstić information content (AvgIpc) is 2.41. The van der Waals surface area contributed by atoms with Gasteiger partial charge in [-0.15, -0.1) is 0 Å². The van der Waals surface area contributed by atoms with Gasteiger partial charge in [-0.05, 0) is 43.3 Å². The van der Waals surface area contributed by atoms with Crippen LogP contribution in [0.2, 0.25) is 0 Å². The number of hydrogen-bond donors (Lipinski definition) is 1. The first kappa shape index (κ1) is 13.2. The molecule has 94 valence electrons. The predicted octanol–water partition coefficient (Wildman–Crippen LogP) is 4.26. The molecular formula is C16H19NS. The van der Waals surface area contributed by atoms with Crippen molar-refractivity contribution in [3.05, 3.63) is 59.7 Å². The molecule has 0 heterocycles. The molecule has 0 atom stereocenters. The maximum atomic E-state index is 3.33. The Balaban J connectivity index is 1.99. The second kappa shape index (κ2) is 6.62. The summed E-state index contributed by atoms with van der Waals surface area (Å²) in [4.78, 5) is 2.58. The highest BCUT2D eigenvalue weighted by atomic mass is 32.2. The number of rotatable bonds is 5. The first-order valence-corrected chi connectivity index (χ1v) is 7.14. The van der Waals surface area contributed by atoms with Crippen LogP contribution in [0.4, 0.5) is 0 Å². The van der Waals surface area contributed by atoms with Gasteiger partial charge in [-0.1, -0.05) is 48.5 Å². The van der Waals surface area contributed by atoms with Gasteiger partial charge in [-0.25, -0.2) is 0 Å². The SMILES string of the molecule is CCNCc1ccc(Sc2ccc(C)cc2)cc1. The number of hydrogen-bond acceptors (Lipinski definition) is 2. The minimum absolute atomic E-state index is 0.950. The summed E-state index contributed by atoms with van der Waals surface area (Å²) in [5.74, 6) is 0. The molecule has 0 aliphatic carbocycles. The lowest BCUT2D eigenvalue weighted by atomic mass is 10.2. The van der Waals surface area contributed by atoms with Crippen molar-refractivity contribution in [2.24, 2.45) is 0 Å². The summed E-state index contributed by atoms with van der Waals surface area (Å²) in [6, 6.07) is 17.4. The third kappa shape index (κ3) is 3.90. The van der Waals surface area contributed by atoms with E-state index in [-0.39, 0.29) is 0 Å². The lowest BCUT2D eigenvalue weighted by Gasteiger charge is -2.05. The van der Waals surface area contributed by atoms with Gasteiger partial charge in [0.25, 0.3) is 0 Å². The van der Waals surface area contributed by atoms with Gasteiger partial charge in [0.1, 0.15) is 0 Å². The molecule has 0 spiro atoms. The summed E-state index contributed by atoms with van der Waals surface area (Å²) < 4.78 is 0. The molecule has 0 fully saturated rings. The topological polar surface area (TPSA) is 12.0 Å². The molecule has 2 aromatic rings. The summed E-state index contributed by atoms with van der Waals surface area (Å²) in [5, 5.41) is 3.33. The maximum absolute atomic E-state index is 3.33. The molecule has 0 saturated heterocycles. The van der Waals surface area contributed by atoms with Gasteiger partial charge >= 0.3 is 0 Å². The first-order valence-electron chi connectivity index (χ1n) is 6.32. The zero-order valence-corrected chi connectivity index (χ0v) is 11.8. The van der Waals surface area contributed by atoms with E-state index in [9.17, 15) is 0 Å². The van der Waals surface area contributed by atoms with Crippen molar-refractivity contribution in [3.8, 4) is 0 Å². The Kier molecular flexibility index (Phi) is 4.85. The van der Waals surface area contributed by atoms with Gasteiger partial charge in [0, 0.05) is 16.3 Å². The van der Waals surface area contributed by atoms with E-state index in [0.717, 1.165) is 13.1 Å². The molecule has 2 rings (SSSR count). The van der Waals surface area contributed by atoms with Crippen LogP contribution >= 0.6 is 11.8 Å². The third-order valence-corrected chi connectivity index (χ3v) is 3.77. The summed E-state index contributed by atoms with van der Waals surface area (Å²) in [6.45, 7) is 6.21. The van der Waals surface area contributed by atoms with Crippen molar-refractivity contribution >= 4 is 11.8 Å². The number of nitrogens with one attached hydrogen (secondary N) is 1. The van der Waals surface area contributed by atoms with Crippen LogP contribution in [0.5, 0.6) is 0 Å². The smallest absolute Gasteiger partial charge is 0.0205 e. The van der Waals surface area contributed by atoms with Crippen molar-refractivity contribution in [2.45, 2.75) is 30.2 Å². The van der Waals surface area contributed by atoms with Crippen LogP contribution < -0.4 is 5.32 Å². The van der Waals surface area contributed by atoms with Gasteiger partial charge in [0.15, 0.2) is 0 Å². The Labute approximate surface area is 114 Å². The molecule has 0 unspecified atom stereocenters. The van der Waals surface area contributed by atoms with Gasteiger partial charge < -0.3 is 5.32 Å². The van der Waals surface area contributed by atoms with E-state index in [2.05, 4.69) is 67.7 Å². The molecule has 0 amide bonds. The molecule has 18 heavy (non-hydrogen) atoms. The highest BCUT2D eigenvalue weighted by molar-refractivity contribution is 7.99. The number of aryl methyl sites for hydroxylation is 1. The minimum atomic E-state index is 0.950. The standard InChI is InChI=1S/C16H19NS/c1-3-17-12-14-6-10-16(11-7-14)18-15-8-4-13(2)5-9-15/h4-11,17H,3,12H2,1-2H3. The van der Waals surface area contributed by atoms with Crippen LogP contribution in [0.15, 0.2) is 58.3 Å². The van der Waals surface area contributed by atoms with Gasteiger partial charge in [0.2, 0.25) is 0 Å². The van der Waals surface area contributed by atoms with Gasteiger partial charge in [-0.3, -0.25) is 0 Å². The fourth-order valence-electron chi connectivity index (χ4n) is 1.69. The van der Waals surface area contributed by atoms with Crippen LogP contribution in [-0.2, 0) is 6.54 Å². The highest BCUT2D eigenvalue weighted by Gasteiger charge is 1.98. The molecule has 1 N–H and O–H groups in total. The van der Waals surface area contributed by atoms with Crippen LogP contribution in [0.25, 0.3) is 0 Å². The Morgan fingerprint density at radius 2 is 1.44 bits per heavy atom. The van der Waals surface area contributed by atoms with Crippen molar-refractivity contribution in [1.29, 1.82) is 0 Å². The van der Waals surface area contributed by atoms with Gasteiger partial charge in [0.05, 0.1) is 0 Å². The molecule has 0 aliphatic heterocycles. The molecule has 2 aromatic carbocycles. The van der Waals surface area contributed by atoms with Crippen molar-refractivity contribution in [2.75, 3.05) is 6.54 Å².